The van der Waals surface area contributed by atoms with Crippen molar-refractivity contribution in [2.75, 3.05) is 11.9 Å². The first kappa shape index (κ1) is 10.4. The Bertz CT molecular complexity index is 297. The van der Waals surface area contributed by atoms with Gasteiger partial charge in [-0.1, -0.05) is 13.3 Å². The molecule has 0 radical (unpaired) electrons. The fraction of sp³-hybridized carbons (Fsp3) is 0.444. The number of rotatable bonds is 5. The minimum absolute atomic E-state index is 0.137. The molecule has 0 aliphatic heterocycles. The van der Waals surface area contributed by atoms with Crippen molar-refractivity contribution in [2.45, 2.75) is 19.8 Å². The van der Waals surface area contributed by atoms with Crippen LogP contribution < -0.4 is 5.32 Å². The molecule has 0 amide bonds. The van der Waals surface area contributed by atoms with Gasteiger partial charge in [0.15, 0.2) is 0 Å². The van der Waals surface area contributed by atoms with Gasteiger partial charge in [0.1, 0.15) is 12.4 Å². The van der Waals surface area contributed by atoms with Gasteiger partial charge in [-0.05, 0) is 18.6 Å². The average molecular weight is 195 g/mol. The molecule has 76 valence electrons. The Morgan fingerprint density at radius 1 is 1.50 bits per heavy atom. The Labute approximate surface area is 82.2 Å². The van der Waals surface area contributed by atoms with Crippen LogP contribution in [0, 0.1) is 0 Å². The first-order valence-corrected chi connectivity index (χ1v) is 4.50. The van der Waals surface area contributed by atoms with Crippen LogP contribution in [0.25, 0.3) is 0 Å². The number of aryl methyl sites for hydroxylation is 1. The molecule has 5 nitrogen and oxygen atoms in total. The molecule has 0 spiro atoms. The molecule has 0 saturated carbocycles. The maximum Gasteiger partial charge on any atom is 0.322 e. The van der Waals surface area contributed by atoms with Crippen LogP contribution in [0.5, 0.6) is 0 Å². The zero-order valence-corrected chi connectivity index (χ0v) is 8.03. The van der Waals surface area contributed by atoms with Gasteiger partial charge in [-0.25, -0.2) is 0 Å². The Morgan fingerprint density at radius 3 is 2.79 bits per heavy atom. The second-order valence-corrected chi connectivity index (χ2v) is 2.91. The van der Waals surface area contributed by atoms with E-state index in [9.17, 15) is 4.79 Å². The summed E-state index contributed by atoms with van der Waals surface area (Å²) in [7, 11) is 0. The number of aromatic nitrogens is 2. The number of carboxylic acid groups (broad SMARTS) is 1. The molecule has 14 heavy (non-hydrogen) atoms. The van der Waals surface area contributed by atoms with Crippen LogP contribution in [0.1, 0.15) is 19.0 Å². The van der Waals surface area contributed by atoms with Crippen molar-refractivity contribution < 1.29 is 9.90 Å². The molecular formula is C9H13N3O2. The van der Waals surface area contributed by atoms with Gasteiger partial charge in [0, 0.05) is 0 Å². The van der Waals surface area contributed by atoms with Crippen molar-refractivity contribution in [3.05, 3.63) is 17.8 Å². The van der Waals surface area contributed by atoms with Crippen LogP contribution in [0.15, 0.2) is 12.1 Å². The van der Waals surface area contributed by atoms with Gasteiger partial charge in [0.05, 0.1) is 5.69 Å². The molecule has 1 aromatic heterocycles. The van der Waals surface area contributed by atoms with Crippen molar-refractivity contribution in [1.82, 2.24) is 10.2 Å². The molecule has 0 atom stereocenters. The van der Waals surface area contributed by atoms with Crippen molar-refractivity contribution in [1.29, 1.82) is 0 Å². The molecule has 0 fully saturated rings. The molecule has 1 rings (SSSR count). The van der Waals surface area contributed by atoms with Gasteiger partial charge in [-0.15, -0.1) is 5.10 Å². The number of hydrogen-bond donors (Lipinski definition) is 2. The lowest BCUT2D eigenvalue weighted by Crippen LogP contribution is -2.13. The minimum Gasteiger partial charge on any atom is -0.480 e. The summed E-state index contributed by atoms with van der Waals surface area (Å²) in [4.78, 5) is 10.2. The van der Waals surface area contributed by atoms with Crippen LogP contribution >= 0.6 is 0 Å². The molecule has 0 bridgehead atoms. The molecule has 1 aromatic rings. The Morgan fingerprint density at radius 2 is 2.29 bits per heavy atom. The van der Waals surface area contributed by atoms with Crippen molar-refractivity contribution in [3.8, 4) is 0 Å². The van der Waals surface area contributed by atoms with Gasteiger partial charge in [0.2, 0.25) is 0 Å². The van der Waals surface area contributed by atoms with E-state index in [2.05, 4.69) is 22.4 Å². The Hall–Kier alpha value is -1.65. The lowest BCUT2D eigenvalue weighted by Gasteiger charge is -2.01. The predicted octanol–water partition coefficient (Wildman–Crippen LogP) is 0.926. The monoisotopic (exact) mass is 195 g/mol. The number of anilines is 1. The fourth-order valence-electron chi connectivity index (χ4n) is 1.01. The Kier molecular flexibility index (Phi) is 3.84. The third-order valence-corrected chi connectivity index (χ3v) is 1.65. The predicted molar refractivity (Wildman–Crippen MR) is 52.2 cm³/mol. The first-order chi connectivity index (χ1) is 6.72. The number of hydrogen-bond acceptors (Lipinski definition) is 4. The smallest absolute Gasteiger partial charge is 0.322 e. The number of carboxylic acids is 1. The van der Waals surface area contributed by atoms with E-state index < -0.39 is 5.97 Å². The van der Waals surface area contributed by atoms with Gasteiger partial charge < -0.3 is 10.4 Å². The normalized spacial score (nSPS) is 9.79. The van der Waals surface area contributed by atoms with Crippen LogP contribution in [0.2, 0.25) is 0 Å². The largest absolute Gasteiger partial charge is 0.480 e. The second kappa shape index (κ2) is 5.16. The van der Waals surface area contributed by atoms with E-state index in [0.717, 1.165) is 18.5 Å². The van der Waals surface area contributed by atoms with Crippen LogP contribution in [0.4, 0.5) is 5.82 Å². The molecule has 0 aliphatic rings. The third kappa shape index (κ3) is 3.38. The SMILES string of the molecule is CCCc1ccc(NCC(=O)O)nn1. The topological polar surface area (TPSA) is 75.1 Å². The highest BCUT2D eigenvalue weighted by Crippen LogP contribution is 2.03. The first-order valence-electron chi connectivity index (χ1n) is 4.50. The number of aliphatic carboxylic acids is 1. The summed E-state index contributed by atoms with van der Waals surface area (Å²) >= 11 is 0. The van der Waals surface area contributed by atoms with Gasteiger partial charge in [-0.2, -0.15) is 5.10 Å². The van der Waals surface area contributed by atoms with E-state index in [0.29, 0.717) is 5.82 Å². The maximum atomic E-state index is 10.2. The molecule has 0 unspecified atom stereocenters. The quantitative estimate of drug-likeness (QED) is 0.730. The molecule has 2 N–H and O–H groups in total. The maximum absolute atomic E-state index is 10.2. The lowest BCUT2D eigenvalue weighted by molar-refractivity contribution is -0.134. The highest BCUT2D eigenvalue weighted by molar-refractivity contribution is 5.72. The second-order valence-electron chi connectivity index (χ2n) is 2.91. The fourth-order valence-corrected chi connectivity index (χ4v) is 1.01. The summed E-state index contributed by atoms with van der Waals surface area (Å²) in [5.74, 6) is -0.420. The lowest BCUT2D eigenvalue weighted by atomic mass is 10.2. The molecule has 0 aromatic carbocycles. The molecule has 5 heteroatoms. The number of nitrogens with one attached hydrogen (secondary N) is 1. The van der Waals surface area contributed by atoms with Crippen LogP contribution in [0.3, 0.4) is 0 Å². The van der Waals surface area contributed by atoms with E-state index >= 15 is 0 Å². The summed E-state index contributed by atoms with van der Waals surface area (Å²) < 4.78 is 0. The molecule has 0 aliphatic carbocycles. The van der Waals surface area contributed by atoms with Gasteiger partial charge in [-0.3, -0.25) is 4.79 Å². The third-order valence-electron chi connectivity index (χ3n) is 1.65. The molecule has 0 saturated heterocycles. The van der Waals surface area contributed by atoms with E-state index in [4.69, 9.17) is 5.11 Å². The summed E-state index contributed by atoms with van der Waals surface area (Å²) in [6.45, 7) is 1.93. The highest BCUT2D eigenvalue weighted by Gasteiger charge is 1.99. The summed E-state index contributed by atoms with van der Waals surface area (Å²) in [5.41, 5.74) is 0.924. The zero-order chi connectivity index (χ0) is 10.4. The van der Waals surface area contributed by atoms with E-state index in [1.165, 1.54) is 0 Å². The van der Waals surface area contributed by atoms with Gasteiger partial charge >= 0.3 is 5.97 Å². The molecular weight excluding hydrogens is 182 g/mol. The summed E-state index contributed by atoms with van der Waals surface area (Å²) in [6.07, 6.45) is 1.92. The number of nitrogens with zero attached hydrogens (tertiary/aromatic N) is 2. The highest BCUT2D eigenvalue weighted by atomic mass is 16.4. The molecule has 1 heterocycles. The van der Waals surface area contributed by atoms with Crippen LogP contribution in [-0.2, 0) is 11.2 Å². The van der Waals surface area contributed by atoms with Gasteiger partial charge in [0.25, 0.3) is 0 Å². The van der Waals surface area contributed by atoms with E-state index in [1.807, 2.05) is 6.07 Å². The van der Waals surface area contributed by atoms with E-state index in [-0.39, 0.29) is 6.54 Å². The summed E-state index contributed by atoms with van der Waals surface area (Å²) in [6, 6.07) is 3.58. The zero-order valence-electron chi connectivity index (χ0n) is 8.03. The summed E-state index contributed by atoms with van der Waals surface area (Å²) in [5, 5.41) is 18.8. The standard InChI is InChI=1S/C9H13N3O2/c1-2-3-7-4-5-8(12-11-7)10-6-9(13)14/h4-5H,2-3,6H2,1H3,(H,10,12)(H,13,14). The van der Waals surface area contributed by atoms with Crippen molar-refractivity contribution in [2.24, 2.45) is 0 Å². The van der Waals surface area contributed by atoms with E-state index in [1.54, 1.807) is 6.07 Å². The Balaban J connectivity index is 2.50. The van der Waals surface area contributed by atoms with Crippen molar-refractivity contribution >= 4 is 11.8 Å². The minimum atomic E-state index is -0.913. The van der Waals surface area contributed by atoms with Crippen LogP contribution in [-0.4, -0.2) is 27.8 Å². The van der Waals surface area contributed by atoms with Crippen molar-refractivity contribution in [3.63, 3.8) is 0 Å². The number of carbonyl (C=O) groups is 1. The average Bonchev–Trinajstić information content (AvgIpc) is 2.17.